The highest BCUT2D eigenvalue weighted by atomic mass is 31.3. The molecule has 0 aromatic carbocycles. The first-order chi connectivity index (χ1) is 14.9. The smallest absolute Gasteiger partial charge is 0.383 e. The highest BCUT2D eigenvalue weighted by Crippen LogP contribution is 2.58. The summed E-state index contributed by atoms with van der Waals surface area (Å²) in [6, 6.07) is -1.43. The van der Waals surface area contributed by atoms with Gasteiger partial charge in [0, 0.05) is 43.3 Å². The van der Waals surface area contributed by atoms with Crippen LogP contribution in [0.15, 0.2) is 0 Å². The summed E-state index contributed by atoms with van der Waals surface area (Å²) in [5, 5.41) is 27.5. The number of carbonyl (C=O) groups is 3. The fourth-order valence-corrected chi connectivity index (χ4v) is 3.71. The lowest BCUT2D eigenvalue weighted by molar-refractivity contribution is -0.503. The summed E-state index contributed by atoms with van der Waals surface area (Å²) >= 11 is 0. The number of rotatable bonds is 15. The quantitative estimate of drug-likeness (QED) is 0.0532. The van der Waals surface area contributed by atoms with Gasteiger partial charge in [0.05, 0.1) is 6.61 Å². The Labute approximate surface area is 188 Å². The van der Waals surface area contributed by atoms with Gasteiger partial charge in [0.2, 0.25) is 11.8 Å². The second-order valence-electron chi connectivity index (χ2n) is 7.35. The first kappa shape index (κ1) is 31.0. The number of hydrogen-bond acceptors (Lipinski definition) is 10. The maximum Gasteiger partial charge on any atom is 0.481 e. The van der Waals surface area contributed by atoms with Crippen molar-refractivity contribution in [3.63, 3.8) is 0 Å². The van der Waals surface area contributed by atoms with Gasteiger partial charge in [0.1, 0.15) is 6.10 Å². The van der Waals surface area contributed by atoms with Crippen molar-refractivity contribution in [2.24, 2.45) is 5.41 Å². The fraction of sp³-hybridized carbons (Fsp3) is 0.786. The number of amides is 3. The summed E-state index contributed by atoms with van der Waals surface area (Å²) < 4.78 is 30.1. The van der Waals surface area contributed by atoms with E-state index in [4.69, 9.17) is 9.79 Å². The van der Waals surface area contributed by atoms with Crippen LogP contribution in [-0.4, -0.2) is 80.8 Å². The second-order valence-corrected chi connectivity index (χ2v) is 10.2. The molecule has 0 radical (unpaired) electrons. The molecule has 192 valence electrons. The van der Waals surface area contributed by atoms with E-state index in [0.717, 1.165) is 6.92 Å². The molecule has 0 fully saturated rings. The molecule has 0 aromatic heterocycles. The van der Waals surface area contributed by atoms with Crippen LogP contribution in [0.2, 0.25) is 0 Å². The van der Waals surface area contributed by atoms with Crippen LogP contribution in [0.25, 0.3) is 0 Å². The van der Waals surface area contributed by atoms with Crippen LogP contribution in [0.3, 0.4) is 0 Å². The second kappa shape index (κ2) is 13.1. The van der Waals surface area contributed by atoms with Crippen LogP contribution < -0.4 is 16.0 Å². The van der Waals surface area contributed by atoms with Crippen LogP contribution in [-0.2, 0) is 32.3 Å². The third kappa shape index (κ3) is 13.4. The standard InChI is InChI=1S/C14H28N4O13P2/c1-9(18(23)24)12(21)17-7-6-15-10(19)4-5-16-13(22)11(20)14(2,3)8-30-33(28,29)31-32(25,26)27/h9,11,20H,4-8H2,1-3H3,(H,15,19)(H,16,22)(H,17,21)(H,28,29)(H2,25,26,27)/t9?,11-/m0/s1. The predicted octanol–water partition coefficient (Wildman–Crippen LogP) is -2.00. The highest BCUT2D eigenvalue weighted by Gasteiger charge is 2.39. The Balaban J connectivity index is 4.34. The Hall–Kier alpha value is -1.97. The largest absolute Gasteiger partial charge is 0.481 e. The van der Waals surface area contributed by atoms with Gasteiger partial charge in [-0.3, -0.25) is 29.0 Å². The lowest BCUT2D eigenvalue weighted by atomic mass is 9.87. The number of phosphoric ester groups is 1. The molecule has 3 atom stereocenters. The first-order valence-electron chi connectivity index (χ1n) is 9.26. The Morgan fingerprint density at radius 3 is 2.06 bits per heavy atom. The number of carbonyl (C=O) groups excluding carboxylic acids is 3. The molecule has 17 nitrogen and oxygen atoms in total. The third-order valence-electron chi connectivity index (χ3n) is 3.89. The topological polar surface area (TPSA) is 264 Å². The van der Waals surface area contributed by atoms with Gasteiger partial charge >= 0.3 is 15.6 Å². The number of nitrogens with zero attached hydrogens (tertiary/aromatic N) is 1. The number of nitro groups is 1. The summed E-state index contributed by atoms with van der Waals surface area (Å²) in [6.45, 7) is 2.55. The van der Waals surface area contributed by atoms with Crippen LogP contribution in [0, 0.1) is 15.5 Å². The molecule has 0 aromatic rings. The summed E-state index contributed by atoms with van der Waals surface area (Å²) in [5.74, 6) is -2.30. The van der Waals surface area contributed by atoms with E-state index in [1.807, 2.05) is 0 Å². The van der Waals surface area contributed by atoms with Gasteiger partial charge in [-0.1, -0.05) is 13.8 Å². The molecule has 19 heteroatoms. The molecular formula is C14H28N4O13P2. The van der Waals surface area contributed by atoms with Crippen molar-refractivity contribution in [2.75, 3.05) is 26.2 Å². The van der Waals surface area contributed by atoms with Crippen LogP contribution >= 0.6 is 15.6 Å². The minimum Gasteiger partial charge on any atom is -0.383 e. The molecule has 0 bridgehead atoms. The monoisotopic (exact) mass is 522 g/mol. The summed E-state index contributed by atoms with van der Waals surface area (Å²) in [5.41, 5.74) is -1.50. The van der Waals surface area contributed by atoms with Crippen molar-refractivity contribution in [3.05, 3.63) is 10.1 Å². The summed E-state index contributed by atoms with van der Waals surface area (Å²) in [4.78, 5) is 71.1. The average Bonchev–Trinajstić information content (AvgIpc) is 2.66. The predicted molar refractivity (Wildman–Crippen MR) is 109 cm³/mol. The molecule has 0 saturated heterocycles. The molecule has 7 N–H and O–H groups in total. The third-order valence-corrected chi connectivity index (χ3v) is 6.02. The van der Waals surface area contributed by atoms with Gasteiger partial charge in [-0.15, -0.1) is 0 Å². The number of hydrogen-bond donors (Lipinski definition) is 7. The normalized spacial score (nSPS) is 15.6. The number of phosphoric acid groups is 2. The van der Waals surface area contributed by atoms with Crippen molar-refractivity contribution in [1.29, 1.82) is 0 Å². The van der Waals surface area contributed by atoms with Crippen LogP contribution in [0.5, 0.6) is 0 Å². The molecule has 0 spiro atoms. The average molecular weight is 522 g/mol. The summed E-state index contributed by atoms with van der Waals surface area (Å²) in [6.07, 6.45) is -2.01. The molecule has 0 aliphatic rings. The van der Waals surface area contributed by atoms with E-state index in [-0.39, 0.29) is 26.1 Å². The van der Waals surface area contributed by atoms with Crippen molar-refractivity contribution >= 4 is 33.4 Å². The molecule has 0 rings (SSSR count). The Morgan fingerprint density at radius 1 is 1.03 bits per heavy atom. The zero-order valence-corrected chi connectivity index (χ0v) is 19.8. The Kier molecular flexibility index (Phi) is 12.3. The van der Waals surface area contributed by atoms with Crippen molar-refractivity contribution in [3.8, 4) is 0 Å². The molecule has 33 heavy (non-hydrogen) atoms. The van der Waals surface area contributed by atoms with E-state index in [0.29, 0.717) is 0 Å². The van der Waals surface area contributed by atoms with Gasteiger partial charge < -0.3 is 35.7 Å². The van der Waals surface area contributed by atoms with Gasteiger partial charge in [-0.25, -0.2) is 9.13 Å². The first-order valence-corrected chi connectivity index (χ1v) is 12.3. The maximum absolute atomic E-state index is 12.0. The van der Waals surface area contributed by atoms with Gasteiger partial charge in [0.15, 0.2) is 0 Å². The summed E-state index contributed by atoms with van der Waals surface area (Å²) in [7, 11) is -10.5. The van der Waals surface area contributed by atoms with Gasteiger partial charge in [-0.2, -0.15) is 4.31 Å². The van der Waals surface area contributed by atoms with Gasteiger partial charge in [-0.05, 0) is 0 Å². The van der Waals surface area contributed by atoms with E-state index < -0.39 is 62.5 Å². The fourth-order valence-electron chi connectivity index (χ4n) is 1.96. The van der Waals surface area contributed by atoms with E-state index in [9.17, 15) is 43.6 Å². The number of aliphatic hydroxyl groups is 1. The van der Waals surface area contributed by atoms with E-state index in [2.05, 4.69) is 24.8 Å². The number of nitrogens with one attached hydrogen (secondary N) is 3. The number of aliphatic hydroxyl groups excluding tert-OH is 1. The lowest BCUT2D eigenvalue weighted by Crippen LogP contribution is -2.46. The molecule has 2 unspecified atom stereocenters. The maximum atomic E-state index is 12.0. The van der Waals surface area contributed by atoms with E-state index >= 15 is 0 Å². The molecule has 0 saturated carbocycles. The minimum atomic E-state index is -5.33. The highest BCUT2D eigenvalue weighted by molar-refractivity contribution is 7.60. The Morgan fingerprint density at radius 2 is 1.55 bits per heavy atom. The zero-order chi connectivity index (χ0) is 26.0. The molecule has 0 heterocycles. The van der Waals surface area contributed by atoms with Gasteiger partial charge in [0.25, 0.3) is 11.9 Å². The van der Waals surface area contributed by atoms with E-state index in [1.54, 1.807) is 0 Å². The van der Waals surface area contributed by atoms with Crippen molar-refractivity contribution < 1.29 is 57.1 Å². The molecule has 0 aliphatic carbocycles. The van der Waals surface area contributed by atoms with Crippen molar-refractivity contribution in [2.45, 2.75) is 39.3 Å². The zero-order valence-electron chi connectivity index (χ0n) is 18.0. The molecular weight excluding hydrogens is 494 g/mol. The van der Waals surface area contributed by atoms with Crippen LogP contribution in [0.1, 0.15) is 27.2 Å². The molecule has 0 aliphatic heterocycles. The molecule has 3 amide bonds. The van der Waals surface area contributed by atoms with Crippen molar-refractivity contribution in [1.82, 2.24) is 16.0 Å². The minimum absolute atomic E-state index is 0.0200. The van der Waals surface area contributed by atoms with Crippen LogP contribution in [0.4, 0.5) is 0 Å². The Bertz CT molecular complexity index is 815. The lowest BCUT2D eigenvalue weighted by Gasteiger charge is -2.29. The van der Waals surface area contributed by atoms with E-state index in [1.165, 1.54) is 13.8 Å². The SMILES string of the molecule is CC(C(=O)NCCNC(=O)CCNC(=O)[C@H](O)C(C)(C)COP(=O)(O)OP(=O)(O)O)[N+](=O)[O-].